The highest BCUT2D eigenvalue weighted by Crippen LogP contribution is 2.33. The quantitative estimate of drug-likeness (QED) is 0.238. The van der Waals surface area contributed by atoms with Gasteiger partial charge in [-0.05, 0) is 30.9 Å². The van der Waals surface area contributed by atoms with Gasteiger partial charge in [-0.3, -0.25) is 9.89 Å². The number of morpholine rings is 1. The third-order valence-electron chi connectivity index (χ3n) is 5.53. The molecule has 2 heterocycles. The topological polar surface area (TPSA) is 49.3 Å². The van der Waals surface area contributed by atoms with Gasteiger partial charge >= 0.3 is 0 Å². The largest absolute Gasteiger partial charge is 0.379 e. The van der Waals surface area contributed by atoms with E-state index in [1.54, 1.807) is 0 Å². The van der Waals surface area contributed by atoms with E-state index in [9.17, 15) is 0 Å². The molecule has 0 spiro atoms. The summed E-state index contributed by atoms with van der Waals surface area (Å²) in [6.45, 7) is 7.36. The van der Waals surface area contributed by atoms with E-state index in [1.807, 2.05) is 7.05 Å². The van der Waals surface area contributed by atoms with Gasteiger partial charge < -0.3 is 19.7 Å². The third kappa shape index (κ3) is 6.39. The molecule has 0 amide bonds. The Bertz CT molecular complexity index is 439. The van der Waals surface area contributed by atoms with Crippen molar-refractivity contribution in [3.05, 3.63) is 0 Å². The van der Waals surface area contributed by atoms with Crippen LogP contribution in [0.1, 0.15) is 19.3 Å². The Labute approximate surface area is 179 Å². The van der Waals surface area contributed by atoms with E-state index < -0.39 is 0 Å². The van der Waals surface area contributed by atoms with Gasteiger partial charge in [0, 0.05) is 58.2 Å². The van der Waals surface area contributed by atoms with Crippen LogP contribution in [0, 0.1) is 5.92 Å². The van der Waals surface area contributed by atoms with Crippen molar-refractivity contribution in [2.24, 2.45) is 10.9 Å². The third-order valence-corrected chi connectivity index (χ3v) is 6.77. The van der Waals surface area contributed by atoms with Crippen molar-refractivity contribution in [2.45, 2.75) is 24.8 Å². The van der Waals surface area contributed by atoms with E-state index >= 15 is 0 Å². The Morgan fingerprint density at radius 3 is 2.77 bits per heavy atom. The summed E-state index contributed by atoms with van der Waals surface area (Å²) in [5.41, 5.74) is 0.244. The number of guanidine groups is 1. The van der Waals surface area contributed by atoms with Crippen LogP contribution in [-0.4, -0.2) is 99.5 Å². The molecule has 0 aromatic heterocycles. The first-order valence-electron chi connectivity index (χ1n) is 9.63. The van der Waals surface area contributed by atoms with Gasteiger partial charge in [-0.15, -0.1) is 24.0 Å². The number of thioether (sulfide) groups is 1. The minimum atomic E-state index is 0. The summed E-state index contributed by atoms with van der Waals surface area (Å²) in [6.07, 6.45) is 3.94. The Balaban J connectivity index is 0.00000243. The molecular weight excluding hydrogens is 463 g/mol. The highest BCUT2D eigenvalue weighted by Gasteiger charge is 2.40. The molecule has 3 fully saturated rings. The molecule has 8 heteroatoms. The monoisotopic (exact) mass is 498 g/mol. The number of nitrogens with one attached hydrogen (secondary N) is 1. The average Bonchev–Trinajstić information content (AvgIpc) is 3.35. The van der Waals surface area contributed by atoms with Crippen LogP contribution in [-0.2, 0) is 9.47 Å². The Hall–Kier alpha value is 0.230. The summed E-state index contributed by atoms with van der Waals surface area (Å²) in [6, 6.07) is 0. The molecule has 6 nitrogen and oxygen atoms in total. The maximum absolute atomic E-state index is 5.77. The lowest BCUT2D eigenvalue weighted by molar-refractivity contribution is -0.0121. The van der Waals surface area contributed by atoms with Gasteiger partial charge in [-0.25, -0.2) is 0 Å². The summed E-state index contributed by atoms with van der Waals surface area (Å²) in [5, 5.41) is 3.64. The minimum absolute atomic E-state index is 0. The highest BCUT2D eigenvalue weighted by molar-refractivity contribution is 14.0. The number of ether oxygens (including phenoxy) is 2. The molecule has 1 aliphatic carbocycles. The van der Waals surface area contributed by atoms with Crippen molar-refractivity contribution in [3.8, 4) is 0 Å². The maximum Gasteiger partial charge on any atom is 0.193 e. The molecule has 2 saturated heterocycles. The van der Waals surface area contributed by atoms with Crippen LogP contribution in [0.4, 0.5) is 0 Å². The molecule has 26 heavy (non-hydrogen) atoms. The average molecular weight is 498 g/mol. The lowest BCUT2D eigenvalue weighted by Gasteiger charge is -2.43. The number of aliphatic imine (C=N–C) groups is 1. The molecule has 1 unspecified atom stereocenters. The zero-order chi connectivity index (χ0) is 17.5. The van der Waals surface area contributed by atoms with Crippen LogP contribution < -0.4 is 5.32 Å². The maximum atomic E-state index is 5.77. The first-order chi connectivity index (χ1) is 12.2. The Morgan fingerprint density at radius 2 is 2.15 bits per heavy atom. The van der Waals surface area contributed by atoms with Gasteiger partial charge in [0.2, 0.25) is 0 Å². The van der Waals surface area contributed by atoms with E-state index in [2.05, 4.69) is 38.9 Å². The van der Waals surface area contributed by atoms with Crippen molar-refractivity contribution < 1.29 is 9.47 Å². The second kappa shape index (κ2) is 11.3. The van der Waals surface area contributed by atoms with E-state index in [1.165, 1.54) is 30.8 Å². The molecule has 2 aliphatic heterocycles. The number of halogens is 1. The molecule has 0 aromatic carbocycles. The predicted octanol–water partition coefficient (Wildman–Crippen LogP) is 1.75. The second-order valence-electron chi connectivity index (χ2n) is 7.47. The fraction of sp³-hybridized carbons (Fsp3) is 0.944. The number of rotatable bonds is 8. The van der Waals surface area contributed by atoms with E-state index in [0.29, 0.717) is 0 Å². The summed E-state index contributed by atoms with van der Waals surface area (Å²) in [5.74, 6) is 4.25. The second-order valence-corrected chi connectivity index (χ2v) is 8.57. The van der Waals surface area contributed by atoms with Gasteiger partial charge in [-0.1, -0.05) is 0 Å². The molecule has 3 rings (SSSR count). The normalized spacial score (nSPS) is 27.2. The van der Waals surface area contributed by atoms with Crippen molar-refractivity contribution in [1.82, 2.24) is 15.1 Å². The first kappa shape index (κ1) is 22.5. The molecule has 0 radical (unpaired) electrons. The lowest BCUT2D eigenvalue weighted by Crippen LogP contribution is -2.60. The van der Waals surface area contributed by atoms with Crippen molar-refractivity contribution in [1.29, 1.82) is 0 Å². The van der Waals surface area contributed by atoms with E-state index in [0.717, 1.165) is 64.5 Å². The summed E-state index contributed by atoms with van der Waals surface area (Å²) >= 11 is 2.07. The Kier molecular flexibility index (Phi) is 9.77. The summed E-state index contributed by atoms with van der Waals surface area (Å²) < 4.78 is 11.3. The molecule has 0 aromatic rings. The fourth-order valence-corrected chi connectivity index (χ4v) is 5.08. The zero-order valence-electron chi connectivity index (χ0n) is 16.2. The van der Waals surface area contributed by atoms with Gasteiger partial charge in [-0.2, -0.15) is 11.8 Å². The van der Waals surface area contributed by atoms with Crippen molar-refractivity contribution in [3.63, 3.8) is 0 Å². The van der Waals surface area contributed by atoms with Crippen LogP contribution in [0.2, 0.25) is 0 Å². The van der Waals surface area contributed by atoms with Crippen LogP contribution in [0.15, 0.2) is 4.99 Å². The molecule has 152 valence electrons. The minimum Gasteiger partial charge on any atom is -0.379 e. The molecule has 1 N–H and O–H groups in total. The van der Waals surface area contributed by atoms with Crippen molar-refractivity contribution >= 4 is 41.7 Å². The highest BCUT2D eigenvalue weighted by atomic mass is 127. The van der Waals surface area contributed by atoms with Gasteiger partial charge in [0.05, 0.1) is 19.8 Å². The number of hydrogen-bond donors (Lipinski definition) is 1. The van der Waals surface area contributed by atoms with E-state index in [4.69, 9.17) is 9.47 Å². The summed E-state index contributed by atoms with van der Waals surface area (Å²) in [4.78, 5) is 9.29. The number of hydrogen-bond acceptors (Lipinski definition) is 5. The molecule has 1 atom stereocenters. The zero-order valence-corrected chi connectivity index (χ0v) is 19.4. The van der Waals surface area contributed by atoms with Gasteiger partial charge in [0.15, 0.2) is 5.96 Å². The SMILES string of the molecule is CN=C(NCC1(N2CCOCC2)CCSC1)N(C)CCOCC1CC1.I. The van der Waals surface area contributed by atoms with Crippen LogP contribution >= 0.6 is 35.7 Å². The number of nitrogens with zero attached hydrogens (tertiary/aromatic N) is 3. The Morgan fingerprint density at radius 1 is 1.38 bits per heavy atom. The van der Waals surface area contributed by atoms with Crippen LogP contribution in [0.25, 0.3) is 0 Å². The van der Waals surface area contributed by atoms with Crippen LogP contribution in [0.3, 0.4) is 0 Å². The smallest absolute Gasteiger partial charge is 0.193 e. The fourth-order valence-electron chi connectivity index (χ4n) is 3.60. The van der Waals surface area contributed by atoms with Gasteiger partial charge in [0.25, 0.3) is 0 Å². The molecule has 1 saturated carbocycles. The standard InChI is InChI=1S/C18H34N4O2S.HI/c1-19-17(21(2)6-9-24-13-16-3-4-16)20-14-18(5-12-25-15-18)22-7-10-23-11-8-22;/h16H,3-15H2,1-2H3,(H,19,20);1H. The molecule has 0 bridgehead atoms. The van der Waals surface area contributed by atoms with Crippen LogP contribution in [0.5, 0.6) is 0 Å². The first-order valence-corrected chi connectivity index (χ1v) is 10.8. The lowest BCUT2D eigenvalue weighted by atomic mass is 9.95. The summed E-state index contributed by atoms with van der Waals surface area (Å²) in [7, 11) is 3.97. The predicted molar refractivity (Wildman–Crippen MR) is 120 cm³/mol. The molecule has 3 aliphatic rings. The van der Waals surface area contributed by atoms with Crippen molar-refractivity contribution in [2.75, 3.05) is 78.2 Å². The number of likely N-dealkylation sites (N-methyl/N-ethyl adjacent to an activating group) is 1. The van der Waals surface area contributed by atoms with Gasteiger partial charge in [0.1, 0.15) is 0 Å². The van der Waals surface area contributed by atoms with E-state index in [-0.39, 0.29) is 29.5 Å². The molecular formula is C18H35IN4O2S.